The Bertz CT molecular complexity index is 976. The van der Waals surface area contributed by atoms with Gasteiger partial charge in [0.25, 0.3) is 0 Å². The Balaban J connectivity index is 1.81. The fraction of sp³-hybridized carbons (Fsp3) is 0.0909. The van der Waals surface area contributed by atoms with E-state index < -0.39 is 17.9 Å². The molecule has 3 rings (SSSR count). The minimum Gasteiger partial charge on any atom is -0.352 e. The number of carbonyl (C=O) groups excluding carboxylic acids is 2. The van der Waals surface area contributed by atoms with Crippen molar-refractivity contribution < 1.29 is 14.0 Å². The van der Waals surface area contributed by atoms with E-state index in [1.54, 1.807) is 12.1 Å². The highest BCUT2D eigenvalue weighted by molar-refractivity contribution is 5.96. The van der Waals surface area contributed by atoms with Crippen LogP contribution in [-0.4, -0.2) is 11.9 Å². The van der Waals surface area contributed by atoms with Crippen LogP contribution >= 0.6 is 0 Å². The first kappa shape index (κ1) is 19.1. The molecule has 3 aromatic rings. The van der Waals surface area contributed by atoms with E-state index in [9.17, 15) is 14.0 Å². The van der Waals surface area contributed by atoms with E-state index in [4.69, 9.17) is 5.73 Å². The highest BCUT2D eigenvalue weighted by atomic mass is 19.1. The monoisotopic (exact) mass is 377 g/mol. The Morgan fingerprint density at radius 1 is 0.893 bits per heavy atom. The molecule has 0 bridgehead atoms. The van der Waals surface area contributed by atoms with Crippen molar-refractivity contribution >= 4 is 17.6 Å². The van der Waals surface area contributed by atoms with Gasteiger partial charge >= 0.3 is 6.03 Å². The van der Waals surface area contributed by atoms with Crippen LogP contribution in [0.2, 0.25) is 0 Å². The summed E-state index contributed by atoms with van der Waals surface area (Å²) >= 11 is 0. The van der Waals surface area contributed by atoms with Gasteiger partial charge in [0.15, 0.2) is 0 Å². The minimum atomic E-state index is -0.873. The number of benzene rings is 3. The second-order valence-corrected chi connectivity index (χ2v) is 6.25. The molecule has 4 N–H and O–H groups in total. The Labute approximate surface area is 162 Å². The van der Waals surface area contributed by atoms with E-state index >= 15 is 0 Å². The number of nitrogens with one attached hydrogen (secondary N) is 2. The van der Waals surface area contributed by atoms with Crippen LogP contribution in [0.25, 0.3) is 11.1 Å². The maximum Gasteiger partial charge on any atom is 0.312 e. The number of halogens is 1. The smallest absolute Gasteiger partial charge is 0.312 e. The maximum atomic E-state index is 14.1. The number of nitrogens with two attached hydrogens (primary N) is 1. The highest BCUT2D eigenvalue weighted by Crippen LogP contribution is 2.28. The van der Waals surface area contributed by atoms with Crippen LogP contribution in [0, 0.1) is 5.82 Å². The number of para-hydroxylation sites is 1. The van der Waals surface area contributed by atoms with E-state index in [1.807, 2.05) is 48.5 Å². The van der Waals surface area contributed by atoms with Gasteiger partial charge in [0.05, 0.1) is 12.5 Å². The van der Waals surface area contributed by atoms with Gasteiger partial charge in [0.2, 0.25) is 5.91 Å². The van der Waals surface area contributed by atoms with Crippen molar-refractivity contribution in [1.82, 2.24) is 5.32 Å². The van der Waals surface area contributed by atoms with E-state index in [2.05, 4.69) is 10.6 Å². The average molecular weight is 377 g/mol. The molecule has 6 heteroatoms. The summed E-state index contributed by atoms with van der Waals surface area (Å²) in [5.74, 6) is -0.885. The predicted octanol–water partition coefficient (Wildman–Crippen LogP) is 4.23. The number of amides is 3. The summed E-state index contributed by atoms with van der Waals surface area (Å²) in [5.41, 5.74) is 7.86. The summed E-state index contributed by atoms with van der Waals surface area (Å²) < 4.78 is 14.1. The molecule has 1 atom stereocenters. The first-order chi connectivity index (χ1) is 13.5. The topological polar surface area (TPSA) is 84.2 Å². The number of urea groups is 1. The van der Waals surface area contributed by atoms with Crippen molar-refractivity contribution in [3.63, 3.8) is 0 Å². The molecule has 0 radical (unpaired) electrons. The van der Waals surface area contributed by atoms with Gasteiger partial charge < -0.3 is 16.4 Å². The van der Waals surface area contributed by atoms with Gasteiger partial charge in [0, 0.05) is 16.8 Å². The lowest BCUT2D eigenvalue weighted by Crippen LogP contribution is -2.35. The van der Waals surface area contributed by atoms with Crippen LogP contribution in [0.15, 0.2) is 78.9 Å². The number of hydrogen-bond acceptors (Lipinski definition) is 2. The second-order valence-electron chi connectivity index (χ2n) is 6.25. The molecule has 3 amide bonds. The van der Waals surface area contributed by atoms with Crippen molar-refractivity contribution in [2.75, 3.05) is 5.32 Å². The summed E-state index contributed by atoms with van der Waals surface area (Å²) in [5, 5.41) is 5.29. The van der Waals surface area contributed by atoms with Gasteiger partial charge in [0.1, 0.15) is 5.82 Å². The van der Waals surface area contributed by atoms with Gasteiger partial charge in [-0.3, -0.25) is 4.79 Å². The third-order valence-corrected chi connectivity index (χ3v) is 4.27. The van der Waals surface area contributed by atoms with E-state index in [-0.39, 0.29) is 17.9 Å². The maximum absolute atomic E-state index is 14.1. The van der Waals surface area contributed by atoms with Crippen molar-refractivity contribution in [2.24, 2.45) is 5.73 Å². The summed E-state index contributed by atoms with van der Waals surface area (Å²) in [4.78, 5) is 24.0. The quantitative estimate of drug-likeness (QED) is 0.601. The Kier molecular flexibility index (Phi) is 6.01. The zero-order valence-electron chi connectivity index (χ0n) is 15.1. The molecule has 5 nitrogen and oxygen atoms in total. The van der Waals surface area contributed by atoms with Gasteiger partial charge in [-0.25, -0.2) is 9.18 Å². The Hall–Kier alpha value is -3.67. The lowest BCUT2D eigenvalue weighted by atomic mass is 10.0. The normalized spacial score (nSPS) is 11.5. The molecule has 142 valence electrons. The molecule has 0 saturated heterocycles. The molecule has 0 aromatic heterocycles. The SMILES string of the molecule is NC(=O)N[C@@H](CC(=O)Nc1ccccc1-c1ccccc1)c1ccccc1F. The van der Waals surface area contributed by atoms with Crippen LogP contribution in [0.1, 0.15) is 18.0 Å². The Morgan fingerprint density at radius 2 is 1.54 bits per heavy atom. The van der Waals surface area contributed by atoms with Gasteiger partial charge in [-0.2, -0.15) is 0 Å². The predicted molar refractivity (Wildman–Crippen MR) is 107 cm³/mol. The molecule has 0 aliphatic heterocycles. The number of carbonyl (C=O) groups is 2. The average Bonchev–Trinajstić information content (AvgIpc) is 2.68. The first-order valence-corrected chi connectivity index (χ1v) is 8.79. The zero-order chi connectivity index (χ0) is 19.9. The molecule has 0 spiro atoms. The van der Waals surface area contributed by atoms with Crippen LogP contribution in [0.5, 0.6) is 0 Å². The van der Waals surface area contributed by atoms with Crippen molar-refractivity contribution in [3.05, 3.63) is 90.2 Å². The fourth-order valence-electron chi connectivity index (χ4n) is 3.02. The van der Waals surface area contributed by atoms with Crippen molar-refractivity contribution in [1.29, 1.82) is 0 Å². The molecule has 0 aliphatic rings. The molecular formula is C22H20FN3O2. The standard InChI is InChI=1S/C22H20FN3O2/c23-18-12-6-4-11-17(18)20(26-22(24)28)14-21(27)25-19-13-7-5-10-16(19)15-8-2-1-3-9-15/h1-13,20H,14H2,(H,25,27)(H3,24,26,28)/t20-/m0/s1. The van der Waals surface area contributed by atoms with Gasteiger partial charge in [-0.1, -0.05) is 66.7 Å². The van der Waals surface area contributed by atoms with Crippen LogP contribution in [0.4, 0.5) is 14.9 Å². The van der Waals surface area contributed by atoms with Crippen LogP contribution < -0.4 is 16.4 Å². The number of anilines is 1. The fourth-order valence-corrected chi connectivity index (χ4v) is 3.02. The molecule has 0 fully saturated rings. The van der Waals surface area contributed by atoms with E-state index in [0.717, 1.165) is 11.1 Å². The third kappa shape index (κ3) is 4.73. The molecule has 28 heavy (non-hydrogen) atoms. The van der Waals surface area contributed by atoms with E-state index in [0.29, 0.717) is 5.69 Å². The third-order valence-electron chi connectivity index (χ3n) is 4.27. The summed E-state index contributed by atoms with van der Waals surface area (Å²) in [6.45, 7) is 0. The zero-order valence-corrected chi connectivity index (χ0v) is 15.1. The lowest BCUT2D eigenvalue weighted by molar-refractivity contribution is -0.116. The highest BCUT2D eigenvalue weighted by Gasteiger charge is 2.21. The number of rotatable bonds is 6. The van der Waals surface area contributed by atoms with Crippen LogP contribution in [0.3, 0.4) is 0 Å². The lowest BCUT2D eigenvalue weighted by Gasteiger charge is -2.19. The molecule has 0 aliphatic carbocycles. The summed E-state index contributed by atoms with van der Waals surface area (Å²) in [6.07, 6.45) is -0.160. The number of primary amides is 1. The summed E-state index contributed by atoms with van der Waals surface area (Å²) in [6, 6.07) is 21.3. The molecular weight excluding hydrogens is 357 g/mol. The van der Waals surface area contributed by atoms with Crippen LogP contribution in [-0.2, 0) is 4.79 Å². The van der Waals surface area contributed by atoms with Crippen molar-refractivity contribution in [3.8, 4) is 11.1 Å². The summed E-state index contributed by atoms with van der Waals surface area (Å²) in [7, 11) is 0. The molecule has 0 saturated carbocycles. The largest absolute Gasteiger partial charge is 0.352 e. The van der Waals surface area contributed by atoms with Gasteiger partial charge in [-0.15, -0.1) is 0 Å². The minimum absolute atomic E-state index is 0.160. The number of hydrogen-bond donors (Lipinski definition) is 3. The Morgan fingerprint density at radius 3 is 2.25 bits per heavy atom. The van der Waals surface area contributed by atoms with Gasteiger partial charge in [-0.05, 0) is 17.7 Å². The van der Waals surface area contributed by atoms with Crippen molar-refractivity contribution in [2.45, 2.75) is 12.5 Å². The molecule has 3 aromatic carbocycles. The molecule has 0 heterocycles. The second kappa shape index (κ2) is 8.81. The first-order valence-electron chi connectivity index (χ1n) is 8.79. The van der Waals surface area contributed by atoms with E-state index in [1.165, 1.54) is 18.2 Å². The molecule has 0 unspecified atom stereocenters.